The fourth-order valence-corrected chi connectivity index (χ4v) is 2.37. The molecule has 1 heterocycles. The third-order valence-corrected chi connectivity index (χ3v) is 3.35. The molecule has 96 valence electrons. The topological polar surface area (TPSA) is 68.1 Å². The molecule has 0 bridgehead atoms. The van der Waals surface area contributed by atoms with Gasteiger partial charge in [0.05, 0.1) is 12.1 Å². The third-order valence-electron chi connectivity index (χ3n) is 2.93. The molecule has 0 saturated carbocycles. The molecule has 0 aliphatic carbocycles. The molecule has 19 heavy (non-hydrogen) atoms. The molecular formula is C13H11NO4P+. The monoisotopic (exact) mass is 276 g/mol. The fourth-order valence-electron chi connectivity index (χ4n) is 2.05. The molecule has 2 atom stereocenters. The first kappa shape index (κ1) is 12.2. The molecule has 2 unspecified atom stereocenters. The minimum atomic E-state index is -2.68. The van der Waals surface area contributed by atoms with Gasteiger partial charge < -0.3 is 4.84 Å². The van der Waals surface area contributed by atoms with E-state index in [1.807, 2.05) is 42.5 Å². The second-order valence-electron chi connectivity index (χ2n) is 4.18. The van der Waals surface area contributed by atoms with Gasteiger partial charge in [0.25, 0.3) is 6.29 Å². The normalized spacial score (nSPS) is 19.1. The van der Waals surface area contributed by atoms with Crippen LogP contribution in [0.5, 0.6) is 0 Å². The van der Waals surface area contributed by atoms with Crippen LogP contribution in [0.15, 0.2) is 47.6 Å². The Hall–Kier alpha value is -1.81. The fraction of sp³-hybridized carbons (Fsp3) is 0.154. The molecule has 0 fully saturated rings. The van der Waals surface area contributed by atoms with Crippen LogP contribution in [0.25, 0.3) is 10.8 Å². The zero-order valence-electron chi connectivity index (χ0n) is 9.89. The standard InChI is InChI=1S/C13H10NO4P/c15-19(16)18-13-8-12(14-17-13)11-6-5-9-3-1-2-4-10(9)7-11/h1-7,13H,8H2/p+1. The molecule has 5 nitrogen and oxygen atoms in total. The maximum Gasteiger partial charge on any atom is 0.698 e. The van der Waals surface area contributed by atoms with Crippen molar-refractivity contribution in [3.8, 4) is 0 Å². The molecule has 2 aromatic rings. The highest BCUT2D eigenvalue weighted by molar-refractivity contribution is 7.32. The zero-order valence-corrected chi connectivity index (χ0v) is 10.8. The van der Waals surface area contributed by atoms with Gasteiger partial charge in [0.15, 0.2) is 0 Å². The maximum atomic E-state index is 10.6. The average Bonchev–Trinajstić information content (AvgIpc) is 2.86. The molecular weight excluding hydrogens is 265 g/mol. The Morgan fingerprint density at radius 3 is 2.84 bits per heavy atom. The average molecular weight is 276 g/mol. The van der Waals surface area contributed by atoms with Crippen LogP contribution in [0.3, 0.4) is 0 Å². The van der Waals surface area contributed by atoms with Crippen LogP contribution in [0.4, 0.5) is 0 Å². The van der Waals surface area contributed by atoms with Crippen LogP contribution in [-0.2, 0) is 13.9 Å². The molecule has 6 heteroatoms. The van der Waals surface area contributed by atoms with Crippen LogP contribution in [-0.4, -0.2) is 16.9 Å². The number of oxime groups is 1. The Morgan fingerprint density at radius 2 is 2.05 bits per heavy atom. The molecule has 1 aliphatic rings. The minimum absolute atomic E-state index is 0.361. The first-order valence-corrected chi connectivity index (χ1v) is 6.90. The molecule has 3 rings (SSSR count). The Balaban J connectivity index is 1.83. The van der Waals surface area contributed by atoms with E-state index < -0.39 is 14.5 Å². The first-order chi connectivity index (χ1) is 9.22. The highest BCUT2D eigenvalue weighted by atomic mass is 31.1. The Morgan fingerprint density at radius 1 is 1.26 bits per heavy atom. The summed E-state index contributed by atoms with van der Waals surface area (Å²) in [5.74, 6) is 0. The number of hydrogen-bond donors (Lipinski definition) is 1. The molecule has 1 aliphatic heterocycles. The first-order valence-electron chi connectivity index (χ1n) is 5.77. The van der Waals surface area contributed by atoms with Gasteiger partial charge in [-0.1, -0.05) is 46.1 Å². The van der Waals surface area contributed by atoms with Crippen molar-refractivity contribution in [2.75, 3.05) is 0 Å². The zero-order chi connectivity index (χ0) is 13.2. The van der Waals surface area contributed by atoms with Crippen LogP contribution >= 0.6 is 8.25 Å². The summed E-state index contributed by atoms with van der Waals surface area (Å²) in [5.41, 5.74) is 1.64. The molecule has 0 amide bonds. The number of hydrogen-bond acceptors (Lipinski definition) is 4. The van der Waals surface area contributed by atoms with Crippen molar-refractivity contribution in [3.63, 3.8) is 0 Å². The summed E-state index contributed by atoms with van der Waals surface area (Å²) in [7, 11) is -2.68. The lowest BCUT2D eigenvalue weighted by atomic mass is 10.0. The predicted molar refractivity (Wildman–Crippen MR) is 70.9 cm³/mol. The number of fused-ring (bicyclic) bond motifs is 1. The van der Waals surface area contributed by atoms with E-state index in [0.29, 0.717) is 12.1 Å². The van der Waals surface area contributed by atoms with Crippen LogP contribution in [0.1, 0.15) is 12.0 Å². The number of rotatable bonds is 3. The van der Waals surface area contributed by atoms with E-state index in [2.05, 4.69) is 9.68 Å². The highest BCUT2D eigenvalue weighted by Crippen LogP contribution is 2.27. The summed E-state index contributed by atoms with van der Waals surface area (Å²) >= 11 is 0. The van der Waals surface area contributed by atoms with Crippen molar-refractivity contribution in [1.29, 1.82) is 0 Å². The summed E-state index contributed by atoms with van der Waals surface area (Å²) in [5, 5.41) is 6.16. The second-order valence-corrected chi connectivity index (χ2v) is 4.87. The number of benzene rings is 2. The van der Waals surface area contributed by atoms with E-state index in [9.17, 15) is 4.57 Å². The van der Waals surface area contributed by atoms with Gasteiger partial charge in [0, 0.05) is 10.1 Å². The lowest BCUT2D eigenvalue weighted by Gasteiger charge is -2.02. The van der Waals surface area contributed by atoms with Crippen molar-refractivity contribution in [3.05, 3.63) is 48.0 Å². The summed E-state index contributed by atoms with van der Waals surface area (Å²) in [6, 6.07) is 14.0. The van der Waals surface area contributed by atoms with Crippen molar-refractivity contribution in [1.82, 2.24) is 0 Å². The molecule has 1 N–H and O–H groups in total. The Bertz CT molecular complexity index is 670. The van der Waals surface area contributed by atoms with Crippen molar-refractivity contribution in [2.45, 2.75) is 12.7 Å². The highest BCUT2D eigenvalue weighted by Gasteiger charge is 2.31. The molecule has 2 aromatic carbocycles. The van der Waals surface area contributed by atoms with E-state index in [1.54, 1.807) is 0 Å². The van der Waals surface area contributed by atoms with E-state index in [4.69, 9.17) is 9.73 Å². The SMILES string of the molecule is O=[P+](O)OC1CC(c2ccc3ccccc3c2)=NO1. The second kappa shape index (κ2) is 5.05. The number of nitrogens with zero attached hydrogens (tertiary/aromatic N) is 1. The molecule has 0 radical (unpaired) electrons. The molecule has 0 spiro atoms. The third kappa shape index (κ3) is 2.63. The van der Waals surface area contributed by atoms with Gasteiger partial charge in [-0.2, -0.15) is 0 Å². The smallest absolute Gasteiger partial charge is 0.358 e. The van der Waals surface area contributed by atoms with Crippen molar-refractivity contribution in [2.24, 2.45) is 5.16 Å². The predicted octanol–water partition coefficient (Wildman–Crippen LogP) is 2.96. The molecule has 0 aromatic heterocycles. The Labute approximate surface area is 110 Å². The summed E-state index contributed by atoms with van der Waals surface area (Å²) in [6.07, 6.45) is -0.421. The van der Waals surface area contributed by atoms with Crippen molar-refractivity contribution >= 4 is 24.7 Å². The Kier molecular flexibility index (Phi) is 3.25. The largest absolute Gasteiger partial charge is 0.698 e. The quantitative estimate of drug-likeness (QED) is 0.875. The van der Waals surface area contributed by atoms with E-state index in [0.717, 1.165) is 16.3 Å². The summed E-state index contributed by atoms with van der Waals surface area (Å²) in [6.45, 7) is 0. The van der Waals surface area contributed by atoms with E-state index in [-0.39, 0.29) is 0 Å². The van der Waals surface area contributed by atoms with Crippen LogP contribution < -0.4 is 0 Å². The summed E-state index contributed by atoms with van der Waals surface area (Å²) in [4.78, 5) is 13.6. The van der Waals surface area contributed by atoms with Gasteiger partial charge in [-0.25, -0.2) is 0 Å². The lowest BCUT2D eigenvalue weighted by molar-refractivity contribution is -0.0578. The molecule has 0 saturated heterocycles. The van der Waals surface area contributed by atoms with E-state index >= 15 is 0 Å². The van der Waals surface area contributed by atoms with Gasteiger partial charge in [0.1, 0.15) is 0 Å². The van der Waals surface area contributed by atoms with Crippen LogP contribution in [0, 0.1) is 0 Å². The summed E-state index contributed by atoms with van der Waals surface area (Å²) < 4.78 is 15.2. The van der Waals surface area contributed by atoms with Crippen LogP contribution in [0.2, 0.25) is 0 Å². The maximum absolute atomic E-state index is 10.6. The van der Waals surface area contributed by atoms with Gasteiger partial charge in [0.2, 0.25) is 0 Å². The van der Waals surface area contributed by atoms with E-state index in [1.165, 1.54) is 0 Å². The van der Waals surface area contributed by atoms with Gasteiger partial charge in [-0.3, -0.25) is 0 Å². The van der Waals surface area contributed by atoms with Gasteiger partial charge in [-0.05, 0) is 16.8 Å². The van der Waals surface area contributed by atoms with Gasteiger partial charge >= 0.3 is 8.25 Å². The minimum Gasteiger partial charge on any atom is -0.358 e. The lowest BCUT2D eigenvalue weighted by Crippen LogP contribution is -2.09. The van der Waals surface area contributed by atoms with Crippen molar-refractivity contribution < 1.29 is 18.8 Å². The van der Waals surface area contributed by atoms with Gasteiger partial charge in [-0.15, -0.1) is 4.89 Å².